The minimum absolute atomic E-state index is 0.126. The van der Waals surface area contributed by atoms with E-state index in [9.17, 15) is 9.59 Å². The fourth-order valence-corrected chi connectivity index (χ4v) is 3.88. The van der Waals surface area contributed by atoms with Gasteiger partial charge in [-0.2, -0.15) is 0 Å². The van der Waals surface area contributed by atoms with Gasteiger partial charge in [0.1, 0.15) is 17.5 Å². The molecule has 1 atom stereocenters. The van der Waals surface area contributed by atoms with E-state index in [0.29, 0.717) is 18.0 Å². The van der Waals surface area contributed by atoms with Gasteiger partial charge in [0.05, 0.1) is 7.11 Å². The molecule has 0 radical (unpaired) electrons. The molecule has 0 bridgehead atoms. The summed E-state index contributed by atoms with van der Waals surface area (Å²) >= 11 is 0. The van der Waals surface area contributed by atoms with Crippen LogP contribution >= 0.6 is 0 Å². The maximum absolute atomic E-state index is 13.2. The van der Waals surface area contributed by atoms with E-state index in [1.807, 2.05) is 55.5 Å². The lowest BCUT2D eigenvalue weighted by Gasteiger charge is -2.30. The second-order valence-electron chi connectivity index (χ2n) is 8.09. The SMILES string of the molecule is COc1cccc(CN(C(=O)COc2ccccc2C)[C@@H](C)C(=O)NC2CCCC2)c1. The van der Waals surface area contributed by atoms with E-state index in [0.717, 1.165) is 36.8 Å². The van der Waals surface area contributed by atoms with E-state index < -0.39 is 6.04 Å². The van der Waals surface area contributed by atoms with E-state index >= 15 is 0 Å². The molecule has 0 spiro atoms. The molecular weight excluding hydrogens is 392 g/mol. The third-order valence-electron chi connectivity index (χ3n) is 5.80. The predicted molar refractivity (Wildman–Crippen MR) is 120 cm³/mol. The number of benzene rings is 2. The van der Waals surface area contributed by atoms with Crippen LogP contribution < -0.4 is 14.8 Å². The van der Waals surface area contributed by atoms with Crippen molar-refractivity contribution in [1.29, 1.82) is 0 Å². The lowest BCUT2D eigenvalue weighted by molar-refractivity contribution is -0.142. The van der Waals surface area contributed by atoms with E-state index in [1.54, 1.807) is 18.9 Å². The Hall–Kier alpha value is -3.02. The molecule has 0 saturated heterocycles. The minimum Gasteiger partial charge on any atom is -0.497 e. The smallest absolute Gasteiger partial charge is 0.261 e. The van der Waals surface area contributed by atoms with Crippen molar-refractivity contribution in [2.75, 3.05) is 13.7 Å². The molecule has 2 aromatic carbocycles. The van der Waals surface area contributed by atoms with Gasteiger partial charge in [-0.15, -0.1) is 0 Å². The Kier molecular flexibility index (Phi) is 7.93. The van der Waals surface area contributed by atoms with Gasteiger partial charge in [0.2, 0.25) is 5.91 Å². The van der Waals surface area contributed by atoms with Crippen LogP contribution in [0, 0.1) is 6.92 Å². The third-order valence-corrected chi connectivity index (χ3v) is 5.80. The molecule has 2 amide bonds. The normalized spacial score (nSPS) is 14.7. The summed E-state index contributed by atoms with van der Waals surface area (Å²) in [4.78, 5) is 27.7. The number of methoxy groups -OCH3 is 1. The number of para-hydroxylation sites is 1. The molecule has 0 aromatic heterocycles. The van der Waals surface area contributed by atoms with Crippen LogP contribution in [0.4, 0.5) is 0 Å². The van der Waals surface area contributed by atoms with Crippen molar-refractivity contribution in [2.24, 2.45) is 0 Å². The Balaban J connectivity index is 1.73. The lowest BCUT2D eigenvalue weighted by atomic mass is 10.1. The first kappa shape index (κ1) is 22.7. The van der Waals surface area contributed by atoms with Gasteiger partial charge in [-0.25, -0.2) is 0 Å². The molecule has 6 nitrogen and oxygen atoms in total. The summed E-state index contributed by atoms with van der Waals surface area (Å²) in [6.07, 6.45) is 4.27. The molecular formula is C25H32N2O4. The molecule has 6 heteroatoms. The van der Waals surface area contributed by atoms with E-state index in [2.05, 4.69) is 5.32 Å². The van der Waals surface area contributed by atoms with Crippen LogP contribution in [0.1, 0.15) is 43.7 Å². The number of carbonyl (C=O) groups excluding carboxylic acids is 2. The van der Waals surface area contributed by atoms with Crippen LogP contribution in [0.3, 0.4) is 0 Å². The van der Waals surface area contributed by atoms with Gasteiger partial charge >= 0.3 is 0 Å². The molecule has 0 unspecified atom stereocenters. The molecule has 0 heterocycles. The monoisotopic (exact) mass is 424 g/mol. The van der Waals surface area contributed by atoms with Gasteiger partial charge in [0, 0.05) is 12.6 Å². The largest absolute Gasteiger partial charge is 0.497 e. The number of nitrogens with one attached hydrogen (secondary N) is 1. The maximum Gasteiger partial charge on any atom is 0.261 e. The van der Waals surface area contributed by atoms with Gasteiger partial charge in [0.25, 0.3) is 5.91 Å². The number of ether oxygens (including phenoxy) is 2. The van der Waals surface area contributed by atoms with Crippen LogP contribution in [-0.4, -0.2) is 42.5 Å². The van der Waals surface area contributed by atoms with Gasteiger partial charge in [0.15, 0.2) is 6.61 Å². The Bertz CT molecular complexity index is 893. The fourth-order valence-electron chi connectivity index (χ4n) is 3.88. The molecule has 0 aliphatic heterocycles. The minimum atomic E-state index is -0.611. The van der Waals surface area contributed by atoms with Crippen LogP contribution in [0.2, 0.25) is 0 Å². The summed E-state index contributed by atoms with van der Waals surface area (Å²) < 4.78 is 11.1. The topological polar surface area (TPSA) is 67.9 Å². The van der Waals surface area contributed by atoms with Crippen molar-refractivity contribution in [3.8, 4) is 11.5 Å². The molecule has 2 aromatic rings. The van der Waals surface area contributed by atoms with Crippen molar-refractivity contribution < 1.29 is 19.1 Å². The summed E-state index contributed by atoms with van der Waals surface area (Å²) in [5, 5.41) is 3.11. The van der Waals surface area contributed by atoms with Gasteiger partial charge < -0.3 is 19.7 Å². The van der Waals surface area contributed by atoms with E-state index in [1.165, 1.54) is 0 Å². The maximum atomic E-state index is 13.2. The lowest BCUT2D eigenvalue weighted by Crippen LogP contribution is -2.50. The molecule has 1 saturated carbocycles. The fraction of sp³-hybridized carbons (Fsp3) is 0.440. The summed E-state index contributed by atoms with van der Waals surface area (Å²) in [6, 6.07) is 14.7. The van der Waals surface area contributed by atoms with Crippen LogP contribution in [0.15, 0.2) is 48.5 Å². The number of rotatable bonds is 9. The number of carbonyl (C=O) groups is 2. The zero-order chi connectivity index (χ0) is 22.2. The highest BCUT2D eigenvalue weighted by Crippen LogP contribution is 2.20. The average molecular weight is 425 g/mol. The number of hydrogen-bond acceptors (Lipinski definition) is 4. The summed E-state index contributed by atoms with van der Waals surface area (Å²) in [6.45, 7) is 3.88. The summed E-state index contributed by atoms with van der Waals surface area (Å²) in [5.74, 6) is 1.02. The quantitative estimate of drug-likeness (QED) is 0.664. The van der Waals surface area contributed by atoms with Crippen LogP contribution in [0.25, 0.3) is 0 Å². The van der Waals surface area contributed by atoms with Crippen molar-refractivity contribution in [1.82, 2.24) is 10.2 Å². The Labute approximate surface area is 184 Å². The molecule has 31 heavy (non-hydrogen) atoms. The van der Waals surface area contributed by atoms with E-state index in [-0.39, 0.29) is 24.5 Å². The first-order valence-electron chi connectivity index (χ1n) is 10.9. The number of aryl methyl sites for hydroxylation is 1. The molecule has 1 aliphatic rings. The summed E-state index contributed by atoms with van der Waals surface area (Å²) in [7, 11) is 1.61. The summed E-state index contributed by atoms with van der Waals surface area (Å²) in [5.41, 5.74) is 1.85. The number of hydrogen-bond donors (Lipinski definition) is 1. The molecule has 1 aliphatic carbocycles. The highest BCUT2D eigenvalue weighted by molar-refractivity contribution is 5.88. The van der Waals surface area contributed by atoms with Gasteiger partial charge in [-0.3, -0.25) is 9.59 Å². The van der Waals surface area contributed by atoms with Crippen LogP contribution in [0.5, 0.6) is 11.5 Å². The number of nitrogens with zero attached hydrogens (tertiary/aromatic N) is 1. The second kappa shape index (κ2) is 10.8. The van der Waals surface area contributed by atoms with Crippen molar-refractivity contribution in [3.05, 3.63) is 59.7 Å². The van der Waals surface area contributed by atoms with Crippen molar-refractivity contribution >= 4 is 11.8 Å². The van der Waals surface area contributed by atoms with Crippen LogP contribution in [-0.2, 0) is 16.1 Å². The average Bonchev–Trinajstić information content (AvgIpc) is 3.29. The number of amides is 2. The second-order valence-corrected chi connectivity index (χ2v) is 8.09. The Morgan fingerprint density at radius 3 is 2.58 bits per heavy atom. The highest BCUT2D eigenvalue weighted by Gasteiger charge is 2.28. The molecule has 166 valence electrons. The van der Waals surface area contributed by atoms with Crippen molar-refractivity contribution in [2.45, 2.75) is 58.2 Å². The molecule has 1 fully saturated rings. The Morgan fingerprint density at radius 2 is 1.87 bits per heavy atom. The highest BCUT2D eigenvalue weighted by atomic mass is 16.5. The van der Waals surface area contributed by atoms with Crippen molar-refractivity contribution in [3.63, 3.8) is 0 Å². The third kappa shape index (κ3) is 6.23. The Morgan fingerprint density at radius 1 is 1.13 bits per heavy atom. The zero-order valence-electron chi connectivity index (χ0n) is 18.6. The molecule has 1 N–H and O–H groups in total. The molecule has 3 rings (SSSR count). The first-order chi connectivity index (χ1) is 15.0. The first-order valence-corrected chi connectivity index (χ1v) is 10.9. The predicted octanol–water partition coefficient (Wildman–Crippen LogP) is 3.86. The van der Waals surface area contributed by atoms with Gasteiger partial charge in [-0.1, -0.05) is 43.2 Å². The van der Waals surface area contributed by atoms with Gasteiger partial charge in [-0.05, 0) is 56.0 Å². The zero-order valence-corrected chi connectivity index (χ0v) is 18.6. The van der Waals surface area contributed by atoms with E-state index in [4.69, 9.17) is 9.47 Å². The standard InChI is InChI=1S/C25H32N2O4/c1-18-9-4-7-14-23(18)31-17-24(28)27(16-20-10-8-13-22(15-20)30-3)19(2)25(29)26-21-11-5-6-12-21/h4,7-10,13-15,19,21H,5-6,11-12,16-17H2,1-3H3,(H,26,29)/t19-/m0/s1.